The van der Waals surface area contributed by atoms with E-state index < -0.39 is 0 Å². The van der Waals surface area contributed by atoms with Crippen LogP contribution in [0, 0.1) is 5.41 Å². The summed E-state index contributed by atoms with van der Waals surface area (Å²) in [4.78, 5) is 4.69. The summed E-state index contributed by atoms with van der Waals surface area (Å²) in [7, 11) is 0. The minimum Gasteiger partial charge on any atom is -0.382 e. The number of aliphatic imine (C=N–C) groups is 1. The van der Waals surface area contributed by atoms with Crippen LogP contribution in [0.2, 0.25) is 0 Å². The molecular formula is C18H34N6O. The van der Waals surface area contributed by atoms with Crippen LogP contribution in [0.25, 0.3) is 0 Å². The quantitative estimate of drug-likeness (QED) is 0.385. The van der Waals surface area contributed by atoms with Gasteiger partial charge in [-0.3, -0.25) is 0 Å². The summed E-state index contributed by atoms with van der Waals surface area (Å²) in [6.45, 7) is 11.1. The molecule has 1 aromatic rings. The van der Waals surface area contributed by atoms with Crippen molar-refractivity contribution < 1.29 is 4.74 Å². The van der Waals surface area contributed by atoms with Crippen LogP contribution in [0.15, 0.2) is 11.3 Å². The molecule has 25 heavy (non-hydrogen) atoms. The Labute approximate surface area is 151 Å². The number of hydrogen-bond donors (Lipinski definition) is 2. The summed E-state index contributed by atoms with van der Waals surface area (Å²) >= 11 is 0. The van der Waals surface area contributed by atoms with Crippen LogP contribution in [-0.4, -0.2) is 47.0 Å². The number of rotatable bonds is 10. The third kappa shape index (κ3) is 5.99. The van der Waals surface area contributed by atoms with Gasteiger partial charge in [0.15, 0.2) is 11.8 Å². The zero-order chi connectivity index (χ0) is 18.0. The molecule has 2 rings (SSSR count). The average Bonchev–Trinajstić information content (AvgIpc) is 3.27. The number of nitrogens with one attached hydrogen (secondary N) is 2. The molecule has 1 saturated carbocycles. The van der Waals surface area contributed by atoms with Gasteiger partial charge in [0.2, 0.25) is 0 Å². The summed E-state index contributed by atoms with van der Waals surface area (Å²) in [6, 6.07) is 0. The first-order valence-electron chi connectivity index (χ1n) is 9.69. The Morgan fingerprint density at radius 3 is 2.76 bits per heavy atom. The molecule has 1 aliphatic rings. The number of aryl methyl sites for hydroxylation is 1. The van der Waals surface area contributed by atoms with Gasteiger partial charge in [-0.2, -0.15) is 0 Å². The Kier molecular flexibility index (Phi) is 8.18. The molecular weight excluding hydrogens is 316 g/mol. The van der Waals surface area contributed by atoms with Crippen molar-refractivity contribution in [1.82, 2.24) is 25.4 Å². The van der Waals surface area contributed by atoms with E-state index in [9.17, 15) is 0 Å². The van der Waals surface area contributed by atoms with Crippen molar-refractivity contribution in [3.05, 3.63) is 12.2 Å². The highest BCUT2D eigenvalue weighted by Gasteiger charge is 2.33. The number of nitrogens with zero attached hydrogens (tertiary/aromatic N) is 4. The average molecular weight is 351 g/mol. The Hall–Kier alpha value is -1.63. The summed E-state index contributed by atoms with van der Waals surface area (Å²) in [6.07, 6.45) is 8.07. The molecule has 1 fully saturated rings. The Morgan fingerprint density at radius 1 is 1.28 bits per heavy atom. The summed E-state index contributed by atoms with van der Waals surface area (Å²) in [5.41, 5.74) is 0.342. The van der Waals surface area contributed by atoms with E-state index >= 15 is 0 Å². The van der Waals surface area contributed by atoms with Crippen LogP contribution >= 0.6 is 0 Å². The van der Waals surface area contributed by atoms with Crippen molar-refractivity contribution in [2.75, 3.05) is 26.3 Å². The normalized spacial score (nSPS) is 17.0. The maximum atomic E-state index is 5.61. The van der Waals surface area contributed by atoms with E-state index in [4.69, 9.17) is 9.73 Å². The predicted octanol–water partition coefficient (Wildman–Crippen LogP) is 2.34. The second kappa shape index (κ2) is 10.4. The molecule has 0 bridgehead atoms. The fraction of sp³-hybridized carbons (Fsp3) is 0.833. The Morgan fingerprint density at radius 2 is 2.08 bits per heavy atom. The highest BCUT2D eigenvalue weighted by molar-refractivity contribution is 5.79. The van der Waals surface area contributed by atoms with Crippen molar-refractivity contribution in [2.24, 2.45) is 10.4 Å². The van der Waals surface area contributed by atoms with Gasteiger partial charge in [-0.05, 0) is 45.4 Å². The molecule has 0 saturated heterocycles. The highest BCUT2D eigenvalue weighted by Crippen LogP contribution is 2.40. The molecule has 0 radical (unpaired) electrons. The van der Waals surface area contributed by atoms with Crippen LogP contribution in [0.4, 0.5) is 0 Å². The van der Waals surface area contributed by atoms with Crippen LogP contribution in [-0.2, 0) is 17.8 Å². The standard InChI is InChI=1S/C18H34N6O/c1-4-19-17(20-13-16-23-22-15-24(16)5-2)21-14-18(9-7-8-10-18)11-12-25-6-3/h15H,4-14H2,1-3H3,(H2,19,20,21). The third-order valence-electron chi connectivity index (χ3n) is 5.04. The number of aromatic nitrogens is 3. The minimum atomic E-state index is 0.342. The molecule has 7 nitrogen and oxygen atoms in total. The zero-order valence-electron chi connectivity index (χ0n) is 16.1. The van der Waals surface area contributed by atoms with E-state index in [1.807, 2.05) is 4.57 Å². The van der Waals surface area contributed by atoms with Crippen molar-refractivity contribution in [3.8, 4) is 0 Å². The molecule has 0 atom stereocenters. The molecule has 0 unspecified atom stereocenters. The highest BCUT2D eigenvalue weighted by atomic mass is 16.5. The lowest BCUT2D eigenvalue weighted by atomic mass is 9.83. The van der Waals surface area contributed by atoms with Crippen LogP contribution < -0.4 is 10.6 Å². The van der Waals surface area contributed by atoms with E-state index in [0.717, 1.165) is 51.1 Å². The summed E-state index contributed by atoms with van der Waals surface area (Å²) in [5, 5.41) is 15.0. The Balaban J connectivity index is 1.93. The van der Waals surface area contributed by atoms with Crippen LogP contribution in [0.3, 0.4) is 0 Å². The fourth-order valence-electron chi connectivity index (χ4n) is 3.50. The lowest BCUT2D eigenvalue weighted by Crippen LogP contribution is -2.43. The number of guanidine groups is 1. The largest absolute Gasteiger partial charge is 0.382 e. The Bertz CT molecular complexity index is 521. The lowest BCUT2D eigenvalue weighted by Gasteiger charge is -2.30. The molecule has 0 amide bonds. The van der Waals surface area contributed by atoms with Gasteiger partial charge in [0, 0.05) is 32.8 Å². The SMILES string of the molecule is CCNC(=NCc1nncn1CC)NCC1(CCOCC)CCCC1. The first-order chi connectivity index (χ1) is 12.2. The van der Waals surface area contributed by atoms with Gasteiger partial charge in [0.05, 0.1) is 0 Å². The number of hydrogen-bond acceptors (Lipinski definition) is 4. The maximum Gasteiger partial charge on any atom is 0.191 e. The predicted molar refractivity (Wildman–Crippen MR) is 101 cm³/mol. The first kappa shape index (κ1) is 19.7. The van der Waals surface area contributed by atoms with E-state index in [0.29, 0.717) is 12.0 Å². The fourth-order valence-corrected chi connectivity index (χ4v) is 3.50. The maximum absolute atomic E-state index is 5.61. The number of ether oxygens (including phenoxy) is 1. The lowest BCUT2D eigenvalue weighted by molar-refractivity contribution is 0.105. The summed E-state index contributed by atoms with van der Waals surface area (Å²) < 4.78 is 7.63. The van der Waals surface area contributed by atoms with Crippen molar-refractivity contribution in [2.45, 2.75) is 66.0 Å². The van der Waals surface area contributed by atoms with Gasteiger partial charge in [-0.15, -0.1) is 10.2 Å². The topological polar surface area (TPSA) is 76.4 Å². The van der Waals surface area contributed by atoms with E-state index in [1.54, 1.807) is 6.33 Å². The molecule has 1 aromatic heterocycles. The zero-order valence-corrected chi connectivity index (χ0v) is 16.1. The van der Waals surface area contributed by atoms with Gasteiger partial charge in [-0.25, -0.2) is 4.99 Å². The molecule has 1 aliphatic carbocycles. The van der Waals surface area contributed by atoms with E-state index in [-0.39, 0.29) is 0 Å². The van der Waals surface area contributed by atoms with E-state index in [2.05, 4.69) is 41.6 Å². The van der Waals surface area contributed by atoms with Crippen LogP contribution in [0.1, 0.15) is 58.7 Å². The van der Waals surface area contributed by atoms with Gasteiger partial charge in [0.25, 0.3) is 0 Å². The molecule has 0 aliphatic heterocycles. The van der Waals surface area contributed by atoms with Gasteiger partial charge < -0.3 is 19.9 Å². The van der Waals surface area contributed by atoms with Crippen LogP contribution in [0.5, 0.6) is 0 Å². The minimum absolute atomic E-state index is 0.342. The second-order valence-corrected chi connectivity index (χ2v) is 6.74. The molecule has 1 heterocycles. The smallest absolute Gasteiger partial charge is 0.191 e. The summed E-state index contributed by atoms with van der Waals surface area (Å²) in [5.74, 6) is 1.75. The van der Waals surface area contributed by atoms with Crippen molar-refractivity contribution in [3.63, 3.8) is 0 Å². The van der Waals surface area contributed by atoms with Crippen molar-refractivity contribution in [1.29, 1.82) is 0 Å². The second-order valence-electron chi connectivity index (χ2n) is 6.74. The van der Waals surface area contributed by atoms with Gasteiger partial charge in [0.1, 0.15) is 12.9 Å². The first-order valence-corrected chi connectivity index (χ1v) is 9.69. The van der Waals surface area contributed by atoms with Gasteiger partial charge in [-0.1, -0.05) is 12.8 Å². The van der Waals surface area contributed by atoms with E-state index in [1.165, 1.54) is 25.7 Å². The molecule has 142 valence electrons. The third-order valence-corrected chi connectivity index (χ3v) is 5.04. The monoisotopic (exact) mass is 350 g/mol. The molecule has 2 N–H and O–H groups in total. The van der Waals surface area contributed by atoms with Gasteiger partial charge >= 0.3 is 0 Å². The molecule has 0 aromatic carbocycles. The molecule has 0 spiro atoms. The molecule has 7 heteroatoms. The van der Waals surface area contributed by atoms with Crippen molar-refractivity contribution >= 4 is 5.96 Å².